The van der Waals surface area contributed by atoms with E-state index in [0.717, 1.165) is 89.9 Å². The molecule has 0 aliphatic rings. The largest absolute Gasteiger partial charge is 0.462 e. The molecule has 0 saturated heterocycles. The van der Waals surface area contributed by atoms with Crippen LogP contribution in [-0.4, -0.2) is 37.2 Å². The smallest absolute Gasteiger partial charge is 0.306 e. The van der Waals surface area contributed by atoms with E-state index in [1.807, 2.05) is 0 Å². The molecule has 6 nitrogen and oxygen atoms in total. The van der Waals surface area contributed by atoms with E-state index in [9.17, 15) is 14.4 Å². The number of hydrogen-bond acceptors (Lipinski definition) is 6. The molecule has 0 aromatic carbocycles. The topological polar surface area (TPSA) is 78.9 Å². The van der Waals surface area contributed by atoms with Crippen molar-refractivity contribution in [3.8, 4) is 0 Å². The highest BCUT2D eigenvalue weighted by atomic mass is 16.6. The van der Waals surface area contributed by atoms with E-state index >= 15 is 0 Å². The van der Waals surface area contributed by atoms with Crippen LogP contribution < -0.4 is 0 Å². The number of carbonyl (C=O) groups is 3. The highest BCUT2D eigenvalue weighted by Crippen LogP contribution is 2.13. The molecule has 0 amide bonds. The summed E-state index contributed by atoms with van der Waals surface area (Å²) in [7, 11) is 0. The fraction of sp³-hybridized carbons (Fsp3) is 0.732. The zero-order chi connectivity index (χ0) is 45.1. The van der Waals surface area contributed by atoms with Crippen LogP contribution in [0.2, 0.25) is 0 Å². The third-order valence-corrected chi connectivity index (χ3v) is 10.9. The van der Waals surface area contributed by atoms with Gasteiger partial charge in [0.15, 0.2) is 6.10 Å². The van der Waals surface area contributed by atoms with Crippen LogP contribution in [0.3, 0.4) is 0 Å². The molecule has 0 N–H and O–H groups in total. The number of ether oxygens (including phenoxy) is 3. The SMILES string of the molecule is CCCC/C=C\CCCCCCCC(=O)OCC(COC(=O)CCC/C=C\C/C=C\C/C=C\C/C=C\CCCCC)OC(=O)CCCCCCC/C=C\CCCCCCCCC. The van der Waals surface area contributed by atoms with Gasteiger partial charge in [-0.05, 0) is 103 Å². The Morgan fingerprint density at radius 1 is 0.323 bits per heavy atom. The number of esters is 3. The van der Waals surface area contributed by atoms with Crippen LogP contribution in [-0.2, 0) is 28.6 Å². The molecule has 0 rings (SSSR count). The molecule has 1 unspecified atom stereocenters. The molecule has 0 saturated carbocycles. The van der Waals surface area contributed by atoms with Gasteiger partial charge in [-0.3, -0.25) is 14.4 Å². The van der Waals surface area contributed by atoms with E-state index < -0.39 is 6.10 Å². The van der Waals surface area contributed by atoms with Gasteiger partial charge in [-0.2, -0.15) is 0 Å². The minimum atomic E-state index is -0.804. The Hall–Kier alpha value is -3.15. The summed E-state index contributed by atoms with van der Waals surface area (Å²) < 4.78 is 16.7. The lowest BCUT2D eigenvalue weighted by Crippen LogP contribution is -2.30. The van der Waals surface area contributed by atoms with Crippen molar-refractivity contribution in [1.82, 2.24) is 0 Å². The number of carbonyl (C=O) groups excluding carboxylic acids is 3. The van der Waals surface area contributed by atoms with Crippen molar-refractivity contribution in [2.45, 2.75) is 252 Å². The van der Waals surface area contributed by atoms with Crippen LogP contribution in [0.15, 0.2) is 72.9 Å². The maximum atomic E-state index is 12.8. The molecule has 0 radical (unpaired) electrons. The van der Waals surface area contributed by atoms with E-state index in [4.69, 9.17) is 14.2 Å². The van der Waals surface area contributed by atoms with Gasteiger partial charge in [0.2, 0.25) is 0 Å². The Balaban J connectivity index is 4.47. The molecule has 1 atom stereocenters. The Labute approximate surface area is 382 Å². The fourth-order valence-corrected chi connectivity index (χ4v) is 6.94. The first-order valence-electron chi connectivity index (χ1n) is 25.9. The molecule has 0 bridgehead atoms. The Morgan fingerprint density at radius 2 is 0.613 bits per heavy atom. The van der Waals surface area contributed by atoms with Crippen molar-refractivity contribution in [3.05, 3.63) is 72.9 Å². The molecular formula is C56H96O6. The first-order chi connectivity index (χ1) is 30.5. The molecule has 0 heterocycles. The van der Waals surface area contributed by atoms with E-state index in [1.165, 1.54) is 109 Å². The zero-order valence-corrected chi connectivity index (χ0v) is 40.6. The average Bonchev–Trinajstić information content (AvgIpc) is 3.27. The molecule has 0 aliphatic carbocycles. The third kappa shape index (κ3) is 47.9. The van der Waals surface area contributed by atoms with Crippen molar-refractivity contribution in [2.75, 3.05) is 13.2 Å². The number of unbranched alkanes of at least 4 members (excludes halogenated alkanes) is 23. The van der Waals surface area contributed by atoms with Gasteiger partial charge in [0.25, 0.3) is 0 Å². The molecule has 0 aromatic rings. The standard InChI is InChI=1S/C56H96O6/c1-4-7-10-13-16-19-22-24-26-28-30-31-34-37-40-43-46-49-55(58)61-52-53(51-60-54(57)48-45-42-39-36-33-21-18-15-12-9-6-3)62-56(59)50-47-44-41-38-35-32-29-27-25-23-20-17-14-11-8-5-2/h15-16,18-19,24,26-27,29-31,37,40,53H,4-14,17,20-23,25,28,32-36,38-39,41-52H2,1-3H3/b18-15-,19-16-,26-24-,29-27-,31-30-,40-37-. The quantitative estimate of drug-likeness (QED) is 0.0262. The van der Waals surface area contributed by atoms with E-state index in [-0.39, 0.29) is 37.5 Å². The molecule has 0 fully saturated rings. The Bertz CT molecular complexity index is 1180. The lowest BCUT2D eigenvalue weighted by molar-refractivity contribution is -0.167. The second-order valence-electron chi connectivity index (χ2n) is 17.1. The second-order valence-corrected chi connectivity index (χ2v) is 17.1. The molecule has 62 heavy (non-hydrogen) atoms. The van der Waals surface area contributed by atoms with Gasteiger partial charge in [-0.25, -0.2) is 0 Å². The van der Waals surface area contributed by atoms with Crippen LogP contribution in [0.4, 0.5) is 0 Å². The number of allylic oxidation sites excluding steroid dienone is 12. The number of hydrogen-bond donors (Lipinski definition) is 0. The van der Waals surface area contributed by atoms with Gasteiger partial charge in [0.05, 0.1) is 0 Å². The Morgan fingerprint density at radius 3 is 1.06 bits per heavy atom. The summed E-state index contributed by atoms with van der Waals surface area (Å²) in [4.78, 5) is 37.9. The van der Waals surface area contributed by atoms with Crippen molar-refractivity contribution in [1.29, 1.82) is 0 Å². The summed E-state index contributed by atoms with van der Waals surface area (Å²) in [6.07, 6.45) is 63.2. The van der Waals surface area contributed by atoms with Crippen LogP contribution in [0.5, 0.6) is 0 Å². The molecular weight excluding hydrogens is 769 g/mol. The summed E-state index contributed by atoms with van der Waals surface area (Å²) in [5, 5.41) is 0. The summed E-state index contributed by atoms with van der Waals surface area (Å²) in [5.74, 6) is -0.976. The predicted molar refractivity (Wildman–Crippen MR) is 265 cm³/mol. The summed E-state index contributed by atoms with van der Waals surface area (Å²) in [6, 6.07) is 0. The molecule has 0 spiro atoms. The van der Waals surface area contributed by atoms with E-state index in [0.29, 0.717) is 19.3 Å². The second kappa shape index (κ2) is 50.5. The highest BCUT2D eigenvalue weighted by molar-refractivity contribution is 5.71. The lowest BCUT2D eigenvalue weighted by Gasteiger charge is -2.18. The number of rotatable bonds is 46. The first-order valence-corrected chi connectivity index (χ1v) is 25.9. The molecule has 356 valence electrons. The zero-order valence-electron chi connectivity index (χ0n) is 40.6. The molecule has 0 aliphatic heterocycles. The third-order valence-electron chi connectivity index (χ3n) is 10.9. The van der Waals surface area contributed by atoms with Gasteiger partial charge in [-0.15, -0.1) is 0 Å². The van der Waals surface area contributed by atoms with E-state index in [1.54, 1.807) is 0 Å². The van der Waals surface area contributed by atoms with Gasteiger partial charge >= 0.3 is 17.9 Å². The van der Waals surface area contributed by atoms with Gasteiger partial charge in [-0.1, -0.05) is 196 Å². The lowest BCUT2D eigenvalue weighted by atomic mass is 10.1. The summed E-state index contributed by atoms with van der Waals surface area (Å²) in [6.45, 7) is 6.51. The van der Waals surface area contributed by atoms with Gasteiger partial charge in [0, 0.05) is 19.3 Å². The maximum Gasteiger partial charge on any atom is 0.306 e. The predicted octanol–water partition coefficient (Wildman–Crippen LogP) is 17.0. The van der Waals surface area contributed by atoms with Crippen LogP contribution in [0.25, 0.3) is 0 Å². The fourth-order valence-electron chi connectivity index (χ4n) is 6.94. The van der Waals surface area contributed by atoms with Crippen molar-refractivity contribution in [2.24, 2.45) is 0 Å². The van der Waals surface area contributed by atoms with Crippen LogP contribution in [0.1, 0.15) is 245 Å². The van der Waals surface area contributed by atoms with Crippen LogP contribution >= 0.6 is 0 Å². The van der Waals surface area contributed by atoms with E-state index in [2.05, 4.69) is 93.7 Å². The Kier molecular flexibility index (Phi) is 47.9. The normalized spacial score (nSPS) is 12.6. The molecule has 6 heteroatoms. The minimum Gasteiger partial charge on any atom is -0.462 e. The summed E-state index contributed by atoms with van der Waals surface area (Å²) >= 11 is 0. The maximum absolute atomic E-state index is 12.8. The van der Waals surface area contributed by atoms with Gasteiger partial charge < -0.3 is 14.2 Å². The average molecular weight is 865 g/mol. The van der Waals surface area contributed by atoms with Crippen molar-refractivity contribution >= 4 is 17.9 Å². The first kappa shape index (κ1) is 58.9. The summed E-state index contributed by atoms with van der Waals surface area (Å²) in [5.41, 5.74) is 0. The monoisotopic (exact) mass is 865 g/mol. The van der Waals surface area contributed by atoms with Gasteiger partial charge in [0.1, 0.15) is 13.2 Å². The highest BCUT2D eigenvalue weighted by Gasteiger charge is 2.19. The van der Waals surface area contributed by atoms with Crippen LogP contribution in [0, 0.1) is 0 Å². The van der Waals surface area contributed by atoms with Crippen molar-refractivity contribution < 1.29 is 28.6 Å². The van der Waals surface area contributed by atoms with Crippen molar-refractivity contribution in [3.63, 3.8) is 0 Å². The molecule has 0 aromatic heterocycles. The minimum absolute atomic E-state index is 0.100.